The molecule has 0 radical (unpaired) electrons. The third-order valence-corrected chi connectivity index (χ3v) is 4.03. The SMILES string of the molecule is CCOc1cc(NCc2ccc(Br)s2)ccc1N. The largest absolute Gasteiger partial charge is 0.492 e. The van der Waals surface area contributed by atoms with E-state index in [1.54, 1.807) is 11.3 Å². The second kappa shape index (κ2) is 6.11. The van der Waals surface area contributed by atoms with Crippen molar-refractivity contribution < 1.29 is 4.74 Å². The highest BCUT2D eigenvalue weighted by Crippen LogP contribution is 2.27. The van der Waals surface area contributed by atoms with Crippen molar-refractivity contribution in [1.29, 1.82) is 0 Å². The number of benzene rings is 1. The van der Waals surface area contributed by atoms with E-state index in [9.17, 15) is 0 Å². The van der Waals surface area contributed by atoms with Gasteiger partial charge in [-0.3, -0.25) is 0 Å². The first-order valence-corrected chi connectivity index (χ1v) is 7.30. The first kappa shape index (κ1) is 13.2. The minimum atomic E-state index is 0.617. The molecule has 5 heteroatoms. The van der Waals surface area contributed by atoms with Gasteiger partial charge < -0.3 is 15.8 Å². The van der Waals surface area contributed by atoms with Crippen LogP contribution in [0.1, 0.15) is 11.8 Å². The molecule has 0 spiro atoms. The van der Waals surface area contributed by atoms with Crippen molar-refractivity contribution in [3.8, 4) is 5.75 Å². The summed E-state index contributed by atoms with van der Waals surface area (Å²) in [6, 6.07) is 9.90. The second-order valence-electron chi connectivity index (χ2n) is 3.74. The predicted molar refractivity (Wildman–Crippen MR) is 81.4 cm³/mol. The Hall–Kier alpha value is -1.20. The average Bonchev–Trinajstić information content (AvgIpc) is 2.76. The molecule has 0 amide bonds. The Morgan fingerprint density at radius 1 is 1.33 bits per heavy atom. The first-order chi connectivity index (χ1) is 8.69. The van der Waals surface area contributed by atoms with Gasteiger partial charge in [0.25, 0.3) is 0 Å². The number of ether oxygens (including phenoxy) is 1. The lowest BCUT2D eigenvalue weighted by atomic mass is 10.2. The number of rotatable bonds is 5. The van der Waals surface area contributed by atoms with E-state index >= 15 is 0 Å². The molecule has 2 aromatic rings. The topological polar surface area (TPSA) is 47.3 Å². The number of halogens is 1. The Balaban J connectivity index is 2.03. The van der Waals surface area contributed by atoms with E-state index < -0.39 is 0 Å². The monoisotopic (exact) mass is 326 g/mol. The molecule has 1 aromatic heterocycles. The summed E-state index contributed by atoms with van der Waals surface area (Å²) < 4.78 is 6.61. The highest BCUT2D eigenvalue weighted by atomic mass is 79.9. The van der Waals surface area contributed by atoms with Gasteiger partial charge in [0.05, 0.1) is 16.1 Å². The van der Waals surface area contributed by atoms with Crippen LogP contribution >= 0.6 is 27.3 Å². The van der Waals surface area contributed by atoms with Gasteiger partial charge in [0.2, 0.25) is 0 Å². The molecule has 3 N–H and O–H groups in total. The van der Waals surface area contributed by atoms with E-state index in [1.165, 1.54) is 4.88 Å². The zero-order valence-corrected chi connectivity index (χ0v) is 12.5. The molecular formula is C13H15BrN2OS. The lowest BCUT2D eigenvalue weighted by molar-refractivity contribution is 0.342. The second-order valence-corrected chi connectivity index (χ2v) is 6.29. The Labute approximate surface area is 119 Å². The minimum Gasteiger partial charge on any atom is -0.492 e. The van der Waals surface area contributed by atoms with Gasteiger partial charge in [-0.15, -0.1) is 11.3 Å². The molecule has 1 heterocycles. The maximum atomic E-state index is 5.83. The third kappa shape index (κ3) is 3.40. The number of thiophene rings is 1. The molecule has 0 fully saturated rings. The number of hydrogen-bond donors (Lipinski definition) is 2. The molecule has 0 aliphatic heterocycles. The van der Waals surface area contributed by atoms with Crippen LogP contribution in [0, 0.1) is 0 Å². The Kier molecular flexibility index (Phi) is 4.49. The summed E-state index contributed by atoms with van der Waals surface area (Å²) in [5, 5.41) is 3.35. The van der Waals surface area contributed by atoms with Gasteiger partial charge in [0.15, 0.2) is 0 Å². The molecule has 3 nitrogen and oxygen atoms in total. The number of nitrogens with one attached hydrogen (secondary N) is 1. The molecule has 0 aliphatic carbocycles. The van der Waals surface area contributed by atoms with Crippen LogP contribution in [0.25, 0.3) is 0 Å². The summed E-state index contributed by atoms with van der Waals surface area (Å²) >= 11 is 5.18. The lowest BCUT2D eigenvalue weighted by Gasteiger charge is -2.10. The quantitative estimate of drug-likeness (QED) is 0.813. The zero-order valence-electron chi connectivity index (χ0n) is 10.1. The molecule has 0 atom stereocenters. The molecule has 0 aliphatic rings. The van der Waals surface area contributed by atoms with Crippen molar-refractivity contribution in [1.82, 2.24) is 0 Å². The van der Waals surface area contributed by atoms with Crippen molar-refractivity contribution in [2.24, 2.45) is 0 Å². The Bertz CT molecular complexity index is 527. The predicted octanol–water partition coefficient (Wildman–Crippen LogP) is 4.10. The van der Waals surface area contributed by atoms with Gasteiger partial charge in [-0.05, 0) is 47.1 Å². The van der Waals surface area contributed by atoms with Gasteiger partial charge in [0, 0.05) is 23.2 Å². The minimum absolute atomic E-state index is 0.617. The molecular weight excluding hydrogens is 312 g/mol. The molecule has 18 heavy (non-hydrogen) atoms. The highest BCUT2D eigenvalue weighted by molar-refractivity contribution is 9.11. The van der Waals surface area contributed by atoms with E-state index in [2.05, 4.69) is 33.4 Å². The van der Waals surface area contributed by atoms with Crippen LogP contribution in [0.3, 0.4) is 0 Å². The van der Waals surface area contributed by atoms with Crippen molar-refractivity contribution >= 4 is 38.6 Å². The number of anilines is 2. The number of hydrogen-bond acceptors (Lipinski definition) is 4. The molecule has 0 bridgehead atoms. The smallest absolute Gasteiger partial charge is 0.144 e. The summed E-state index contributed by atoms with van der Waals surface area (Å²) in [6.07, 6.45) is 0. The molecule has 0 saturated carbocycles. The summed E-state index contributed by atoms with van der Waals surface area (Å²) in [7, 11) is 0. The van der Waals surface area contributed by atoms with Crippen molar-refractivity contribution in [3.05, 3.63) is 39.0 Å². The van der Waals surface area contributed by atoms with Gasteiger partial charge in [-0.2, -0.15) is 0 Å². The standard InChI is InChI=1S/C13H15BrN2OS/c1-2-17-12-7-9(3-5-11(12)15)16-8-10-4-6-13(14)18-10/h3-7,16H,2,8,15H2,1H3. The van der Waals surface area contributed by atoms with Crippen LogP contribution in [0.2, 0.25) is 0 Å². The summed E-state index contributed by atoms with van der Waals surface area (Å²) in [4.78, 5) is 1.27. The van der Waals surface area contributed by atoms with E-state index in [0.29, 0.717) is 12.3 Å². The summed E-state index contributed by atoms with van der Waals surface area (Å²) in [5.41, 5.74) is 7.51. The highest BCUT2D eigenvalue weighted by Gasteiger charge is 2.02. The lowest BCUT2D eigenvalue weighted by Crippen LogP contribution is -2.00. The van der Waals surface area contributed by atoms with Gasteiger partial charge in [0.1, 0.15) is 5.75 Å². The molecule has 96 valence electrons. The van der Waals surface area contributed by atoms with Crippen LogP contribution in [0.4, 0.5) is 11.4 Å². The fourth-order valence-electron chi connectivity index (χ4n) is 1.56. The normalized spacial score (nSPS) is 10.3. The van der Waals surface area contributed by atoms with Crippen LogP contribution in [0.15, 0.2) is 34.1 Å². The summed E-state index contributed by atoms with van der Waals surface area (Å²) in [5.74, 6) is 0.731. The van der Waals surface area contributed by atoms with E-state index in [4.69, 9.17) is 10.5 Å². The molecule has 1 aromatic carbocycles. The average molecular weight is 327 g/mol. The van der Waals surface area contributed by atoms with Crippen molar-refractivity contribution in [2.45, 2.75) is 13.5 Å². The fourth-order valence-corrected chi connectivity index (χ4v) is 2.98. The van der Waals surface area contributed by atoms with Crippen molar-refractivity contribution in [3.63, 3.8) is 0 Å². The van der Waals surface area contributed by atoms with E-state index in [-0.39, 0.29) is 0 Å². The van der Waals surface area contributed by atoms with E-state index in [0.717, 1.165) is 21.8 Å². The number of nitrogen functional groups attached to an aromatic ring is 1. The molecule has 2 rings (SSSR count). The maximum absolute atomic E-state index is 5.83. The third-order valence-electron chi connectivity index (χ3n) is 2.41. The first-order valence-electron chi connectivity index (χ1n) is 5.69. The van der Waals surface area contributed by atoms with Crippen molar-refractivity contribution in [2.75, 3.05) is 17.7 Å². The number of nitrogens with two attached hydrogens (primary N) is 1. The molecule has 0 unspecified atom stereocenters. The van der Waals surface area contributed by atoms with Crippen LogP contribution < -0.4 is 15.8 Å². The summed E-state index contributed by atoms with van der Waals surface area (Å²) in [6.45, 7) is 3.36. The Morgan fingerprint density at radius 2 is 2.17 bits per heavy atom. The van der Waals surface area contributed by atoms with Crippen LogP contribution in [-0.4, -0.2) is 6.61 Å². The van der Waals surface area contributed by atoms with E-state index in [1.807, 2.05) is 25.1 Å². The van der Waals surface area contributed by atoms with Gasteiger partial charge >= 0.3 is 0 Å². The maximum Gasteiger partial charge on any atom is 0.144 e. The Morgan fingerprint density at radius 3 is 2.83 bits per heavy atom. The molecule has 0 saturated heterocycles. The fraction of sp³-hybridized carbons (Fsp3) is 0.231. The zero-order chi connectivity index (χ0) is 13.0. The van der Waals surface area contributed by atoms with Crippen LogP contribution in [-0.2, 0) is 6.54 Å². The van der Waals surface area contributed by atoms with Gasteiger partial charge in [-0.1, -0.05) is 0 Å². The van der Waals surface area contributed by atoms with Crippen LogP contribution in [0.5, 0.6) is 5.75 Å². The van der Waals surface area contributed by atoms with Gasteiger partial charge in [-0.25, -0.2) is 0 Å².